The van der Waals surface area contributed by atoms with Gasteiger partial charge in [0.05, 0.1) is 12.5 Å². The fraction of sp³-hybridized carbons (Fsp3) is 0.125. The van der Waals surface area contributed by atoms with Crippen molar-refractivity contribution in [3.05, 3.63) is 28.0 Å². The minimum Gasteiger partial charge on any atom is -0.398 e. The first-order valence-electron chi connectivity index (χ1n) is 3.25. The smallest absolute Gasteiger partial charge is 0.130 e. The van der Waals surface area contributed by atoms with Crippen molar-refractivity contribution >= 4 is 21.6 Å². The summed E-state index contributed by atoms with van der Waals surface area (Å²) < 4.78 is 13.6. The maximum absolute atomic E-state index is 13.0. The molecule has 12 heavy (non-hydrogen) atoms. The van der Waals surface area contributed by atoms with Crippen LogP contribution >= 0.6 is 15.9 Å². The highest BCUT2D eigenvalue weighted by molar-refractivity contribution is 9.10. The van der Waals surface area contributed by atoms with Gasteiger partial charge in [0.15, 0.2) is 0 Å². The Morgan fingerprint density at radius 2 is 2.25 bits per heavy atom. The van der Waals surface area contributed by atoms with Gasteiger partial charge in [0.2, 0.25) is 0 Å². The van der Waals surface area contributed by atoms with Crippen molar-refractivity contribution in [3.63, 3.8) is 0 Å². The van der Waals surface area contributed by atoms with Gasteiger partial charge in [-0.05, 0) is 12.1 Å². The van der Waals surface area contributed by atoms with E-state index in [-0.39, 0.29) is 12.0 Å². The molecule has 0 fully saturated rings. The van der Waals surface area contributed by atoms with Crippen molar-refractivity contribution < 1.29 is 4.39 Å². The molecule has 0 aromatic heterocycles. The molecule has 1 rings (SSSR count). The third-order valence-corrected chi connectivity index (χ3v) is 1.91. The van der Waals surface area contributed by atoms with E-state index in [0.717, 1.165) is 0 Å². The first-order chi connectivity index (χ1) is 5.65. The van der Waals surface area contributed by atoms with E-state index in [1.54, 1.807) is 6.07 Å². The van der Waals surface area contributed by atoms with Gasteiger partial charge in [-0.15, -0.1) is 0 Å². The molecule has 0 spiro atoms. The van der Waals surface area contributed by atoms with Crippen LogP contribution < -0.4 is 5.73 Å². The molecule has 2 nitrogen and oxygen atoms in total. The predicted molar refractivity (Wildman–Crippen MR) is 47.8 cm³/mol. The lowest BCUT2D eigenvalue weighted by molar-refractivity contribution is 0.615. The first kappa shape index (κ1) is 9.01. The summed E-state index contributed by atoms with van der Waals surface area (Å²) in [6.07, 6.45) is 0.00491. The summed E-state index contributed by atoms with van der Waals surface area (Å²) >= 11 is 3.10. The third kappa shape index (κ3) is 1.74. The summed E-state index contributed by atoms with van der Waals surface area (Å²) in [7, 11) is 0. The summed E-state index contributed by atoms with van der Waals surface area (Å²) in [5.41, 5.74) is 6.06. The number of hydrogen-bond acceptors (Lipinski definition) is 2. The van der Waals surface area contributed by atoms with Crippen LogP contribution in [0.2, 0.25) is 0 Å². The summed E-state index contributed by atoms with van der Waals surface area (Å²) in [6, 6.07) is 4.72. The van der Waals surface area contributed by atoms with E-state index < -0.39 is 5.82 Å². The van der Waals surface area contributed by atoms with Gasteiger partial charge < -0.3 is 5.73 Å². The van der Waals surface area contributed by atoms with E-state index >= 15 is 0 Å². The zero-order chi connectivity index (χ0) is 9.14. The maximum atomic E-state index is 13.0. The lowest BCUT2D eigenvalue weighted by atomic mass is 10.1. The molecule has 0 amide bonds. The lowest BCUT2D eigenvalue weighted by Crippen LogP contribution is -1.97. The van der Waals surface area contributed by atoms with Gasteiger partial charge in [0.1, 0.15) is 5.82 Å². The van der Waals surface area contributed by atoms with Crippen molar-refractivity contribution in [3.8, 4) is 6.07 Å². The second-order valence-corrected chi connectivity index (χ2v) is 3.21. The second-order valence-electron chi connectivity index (χ2n) is 2.29. The van der Waals surface area contributed by atoms with Gasteiger partial charge in [0.25, 0.3) is 0 Å². The van der Waals surface area contributed by atoms with Gasteiger partial charge >= 0.3 is 0 Å². The van der Waals surface area contributed by atoms with Crippen LogP contribution in [0.1, 0.15) is 5.56 Å². The Hall–Kier alpha value is -1.08. The minimum absolute atomic E-state index is 0.00491. The first-order valence-corrected chi connectivity index (χ1v) is 4.05. The summed E-state index contributed by atoms with van der Waals surface area (Å²) in [4.78, 5) is 0. The van der Waals surface area contributed by atoms with Crippen molar-refractivity contribution in [2.24, 2.45) is 0 Å². The summed E-state index contributed by atoms with van der Waals surface area (Å²) in [5, 5.41) is 8.35. The van der Waals surface area contributed by atoms with E-state index in [1.165, 1.54) is 6.07 Å². The normalized spacial score (nSPS) is 9.42. The molecule has 0 aliphatic carbocycles. The van der Waals surface area contributed by atoms with Crippen LogP contribution in [0.15, 0.2) is 16.6 Å². The third-order valence-electron chi connectivity index (χ3n) is 1.45. The van der Waals surface area contributed by atoms with Crippen molar-refractivity contribution in [1.29, 1.82) is 5.26 Å². The minimum atomic E-state index is -0.441. The number of halogens is 2. The SMILES string of the molecule is N#CCc1c(N)cc(Br)cc1F. The molecule has 1 aromatic rings. The van der Waals surface area contributed by atoms with E-state index in [0.29, 0.717) is 10.2 Å². The maximum Gasteiger partial charge on any atom is 0.130 e. The lowest BCUT2D eigenvalue weighted by Gasteiger charge is -2.03. The Bertz CT molecular complexity index is 320. The van der Waals surface area contributed by atoms with Crippen LogP contribution in [-0.2, 0) is 6.42 Å². The van der Waals surface area contributed by atoms with Crippen LogP contribution in [0.4, 0.5) is 10.1 Å². The molecule has 1 aromatic carbocycles. The average molecular weight is 229 g/mol. The van der Waals surface area contributed by atoms with E-state index in [4.69, 9.17) is 11.0 Å². The molecule has 0 atom stereocenters. The van der Waals surface area contributed by atoms with Crippen LogP contribution in [0, 0.1) is 17.1 Å². The molecule has 4 heteroatoms. The number of rotatable bonds is 1. The molecule has 0 aliphatic rings. The molecule has 0 heterocycles. The molecule has 0 bridgehead atoms. The number of nitrogen functional groups attached to an aromatic ring is 1. The molecule has 0 saturated heterocycles. The van der Waals surface area contributed by atoms with Crippen molar-refractivity contribution in [2.45, 2.75) is 6.42 Å². The molecule has 0 aliphatic heterocycles. The van der Waals surface area contributed by atoms with Crippen molar-refractivity contribution in [1.82, 2.24) is 0 Å². The fourth-order valence-corrected chi connectivity index (χ4v) is 1.34. The van der Waals surface area contributed by atoms with Crippen LogP contribution in [0.3, 0.4) is 0 Å². The van der Waals surface area contributed by atoms with Crippen LogP contribution in [0.25, 0.3) is 0 Å². The van der Waals surface area contributed by atoms with Gasteiger partial charge in [-0.2, -0.15) is 5.26 Å². The van der Waals surface area contributed by atoms with Crippen molar-refractivity contribution in [2.75, 3.05) is 5.73 Å². The molecule has 2 N–H and O–H groups in total. The quantitative estimate of drug-likeness (QED) is 0.750. The number of hydrogen-bond donors (Lipinski definition) is 1. The number of nitriles is 1. The molecular weight excluding hydrogens is 223 g/mol. The van der Waals surface area contributed by atoms with Gasteiger partial charge in [-0.25, -0.2) is 4.39 Å². The standard InChI is InChI=1S/C8H6BrFN2/c9-5-3-7(10)6(1-2-11)8(12)4-5/h3-4H,1,12H2. The largest absolute Gasteiger partial charge is 0.398 e. The average Bonchev–Trinajstić information content (AvgIpc) is 1.96. The fourth-order valence-electron chi connectivity index (χ4n) is 0.889. The van der Waals surface area contributed by atoms with Crippen LogP contribution in [-0.4, -0.2) is 0 Å². The highest BCUT2D eigenvalue weighted by Gasteiger charge is 2.06. The molecule has 0 unspecified atom stereocenters. The molecular formula is C8H6BrFN2. The Labute approximate surface area is 77.9 Å². The summed E-state index contributed by atoms with van der Waals surface area (Å²) in [6.45, 7) is 0. The molecule has 0 saturated carbocycles. The molecule has 62 valence electrons. The van der Waals surface area contributed by atoms with E-state index in [2.05, 4.69) is 15.9 Å². The van der Waals surface area contributed by atoms with E-state index in [1.807, 2.05) is 6.07 Å². The second kappa shape index (κ2) is 3.55. The highest BCUT2D eigenvalue weighted by Crippen LogP contribution is 2.22. The summed E-state index contributed by atoms with van der Waals surface area (Å²) in [5.74, 6) is -0.441. The number of nitrogens with zero attached hydrogens (tertiary/aromatic N) is 1. The Kier molecular flexibility index (Phi) is 2.66. The van der Waals surface area contributed by atoms with Crippen LogP contribution in [0.5, 0.6) is 0 Å². The van der Waals surface area contributed by atoms with Gasteiger partial charge in [-0.1, -0.05) is 15.9 Å². The number of benzene rings is 1. The number of nitrogens with two attached hydrogens (primary N) is 1. The Morgan fingerprint density at radius 3 is 2.75 bits per heavy atom. The number of anilines is 1. The predicted octanol–water partition coefficient (Wildman–Crippen LogP) is 2.24. The van der Waals surface area contributed by atoms with E-state index in [9.17, 15) is 4.39 Å². The zero-order valence-corrected chi connectivity index (χ0v) is 7.73. The molecule has 0 radical (unpaired) electrons. The van der Waals surface area contributed by atoms with Gasteiger partial charge in [0, 0.05) is 15.7 Å². The van der Waals surface area contributed by atoms with Gasteiger partial charge in [-0.3, -0.25) is 0 Å². The zero-order valence-electron chi connectivity index (χ0n) is 6.14. The topological polar surface area (TPSA) is 49.8 Å². The highest BCUT2D eigenvalue weighted by atomic mass is 79.9. The Morgan fingerprint density at radius 1 is 1.58 bits per heavy atom. The monoisotopic (exact) mass is 228 g/mol. The Balaban J connectivity index is 3.21.